The highest BCUT2D eigenvalue weighted by molar-refractivity contribution is 7.89. The minimum Gasteiger partial charge on any atom is -0.277 e. The lowest BCUT2D eigenvalue weighted by Crippen LogP contribution is -2.18. The van der Waals surface area contributed by atoms with Crippen LogP contribution < -0.4 is 4.83 Å². The van der Waals surface area contributed by atoms with Crippen molar-refractivity contribution in [3.8, 4) is 11.3 Å². The first-order valence-corrected chi connectivity index (χ1v) is 9.84. The van der Waals surface area contributed by atoms with E-state index in [1.165, 1.54) is 30.6 Å². The van der Waals surface area contributed by atoms with Crippen molar-refractivity contribution in [2.24, 2.45) is 5.10 Å². The van der Waals surface area contributed by atoms with Gasteiger partial charge in [0.1, 0.15) is 5.82 Å². The Morgan fingerprint density at radius 1 is 1.00 bits per heavy atom. The molecule has 0 unspecified atom stereocenters. The fraction of sp³-hybridized carbons (Fsp3) is 0. The Kier molecular flexibility index (Phi) is 4.62. The molecular weight excluding hydrogens is 379 g/mol. The molecule has 0 saturated carbocycles. The fourth-order valence-corrected chi connectivity index (χ4v) is 3.62. The van der Waals surface area contributed by atoms with Crippen LogP contribution >= 0.6 is 0 Å². The van der Waals surface area contributed by atoms with E-state index < -0.39 is 10.0 Å². The van der Waals surface area contributed by atoms with Crippen LogP contribution in [0.3, 0.4) is 0 Å². The molecular formula is C20H15FN4O2S. The Labute approximate surface area is 160 Å². The summed E-state index contributed by atoms with van der Waals surface area (Å²) in [6, 6.07) is 18.2. The van der Waals surface area contributed by atoms with E-state index in [-0.39, 0.29) is 10.7 Å². The van der Waals surface area contributed by atoms with Crippen molar-refractivity contribution >= 4 is 27.0 Å². The van der Waals surface area contributed by atoms with Gasteiger partial charge in [0.05, 0.1) is 23.0 Å². The maximum atomic E-state index is 13.1. The highest BCUT2D eigenvalue weighted by atomic mass is 32.2. The summed E-state index contributed by atoms with van der Waals surface area (Å²) in [7, 11) is -3.82. The average molecular weight is 394 g/mol. The van der Waals surface area contributed by atoms with Crippen LogP contribution in [-0.2, 0) is 10.0 Å². The Balaban J connectivity index is 1.56. The number of halogens is 1. The van der Waals surface area contributed by atoms with Crippen LogP contribution in [0.15, 0.2) is 82.9 Å². The zero-order chi connectivity index (χ0) is 19.6. The van der Waals surface area contributed by atoms with E-state index in [9.17, 15) is 12.8 Å². The van der Waals surface area contributed by atoms with Gasteiger partial charge in [0.15, 0.2) is 0 Å². The third-order valence-corrected chi connectivity index (χ3v) is 5.43. The maximum absolute atomic E-state index is 13.1. The number of hydrogen-bond donors (Lipinski definition) is 2. The largest absolute Gasteiger partial charge is 0.277 e. The Morgan fingerprint density at radius 3 is 2.54 bits per heavy atom. The molecule has 140 valence electrons. The lowest BCUT2D eigenvalue weighted by atomic mass is 10.1. The van der Waals surface area contributed by atoms with E-state index in [4.69, 9.17) is 0 Å². The normalized spacial score (nSPS) is 11.9. The van der Waals surface area contributed by atoms with Crippen LogP contribution in [-0.4, -0.2) is 24.8 Å². The van der Waals surface area contributed by atoms with Crippen molar-refractivity contribution < 1.29 is 12.8 Å². The number of H-pyrrole nitrogens is 1. The van der Waals surface area contributed by atoms with Crippen LogP contribution in [0.1, 0.15) is 5.56 Å². The molecule has 0 aliphatic rings. The van der Waals surface area contributed by atoms with Gasteiger partial charge in [0, 0.05) is 11.1 Å². The predicted octanol–water partition coefficient (Wildman–Crippen LogP) is 3.68. The van der Waals surface area contributed by atoms with Gasteiger partial charge in [-0.3, -0.25) is 5.10 Å². The van der Waals surface area contributed by atoms with Gasteiger partial charge in [-0.1, -0.05) is 30.3 Å². The molecule has 3 aromatic carbocycles. The van der Waals surface area contributed by atoms with Crippen molar-refractivity contribution in [1.29, 1.82) is 0 Å². The maximum Gasteiger partial charge on any atom is 0.276 e. The molecule has 0 radical (unpaired) electrons. The minimum absolute atomic E-state index is 0.120. The summed E-state index contributed by atoms with van der Waals surface area (Å²) in [4.78, 5) is 2.33. The third kappa shape index (κ3) is 3.63. The van der Waals surface area contributed by atoms with Crippen molar-refractivity contribution in [3.63, 3.8) is 0 Å². The molecule has 0 spiro atoms. The summed E-state index contributed by atoms with van der Waals surface area (Å²) in [6.07, 6.45) is 2.85. The van der Waals surface area contributed by atoms with E-state index in [1.54, 1.807) is 24.3 Å². The van der Waals surface area contributed by atoms with Crippen LogP contribution in [0.2, 0.25) is 0 Å². The van der Waals surface area contributed by atoms with Gasteiger partial charge >= 0.3 is 0 Å². The van der Waals surface area contributed by atoms with Crippen LogP contribution in [0.4, 0.5) is 4.39 Å². The molecule has 4 aromatic rings. The SMILES string of the molecule is O=S(=O)(NN=Cc1cn[nH]c1-c1ccc(F)cc1)c1ccc2ccccc2c1. The monoisotopic (exact) mass is 394 g/mol. The van der Waals surface area contributed by atoms with Crippen molar-refractivity contribution in [3.05, 3.63) is 84.3 Å². The number of fused-ring (bicyclic) bond motifs is 1. The number of sulfonamides is 1. The number of hydrogen-bond acceptors (Lipinski definition) is 4. The van der Waals surface area contributed by atoms with Gasteiger partial charge < -0.3 is 0 Å². The highest BCUT2D eigenvalue weighted by Gasteiger charge is 2.13. The number of nitrogens with zero attached hydrogens (tertiary/aromatic N) is 2. The first-order valence-electron chi connectivity index (χ1n) is 8.36. The molecule has 2 N–H and O–H groups in total. The van der Waals surface area contributed by atoms with Crippen molar-refractivity contribution in [1.82, 2.24) is 15.0 Å². The van der Waals surface area contributed by atoms with E-state index in [0.717, 1.165) is 10.8 Å². The van der Waals surface area contributed by atoms with Gasteiger partial charge in [-0.25, -0.2) is 9.22 Å². The van der Waals surface area contributed by atoms with Gasteiger partial charge in [-0.2, -0.15) is 18.6 Å². The second kappa shape index (κ2) is 7.24. The second-order valence-electron chi connectivity index (χ2n) is 6.07. The molecule has 0 bridgehead atoms. The summed E-state index contributed by atoms with van der Waals surface area (Å²) >= 11 is 0. The lowest BCUT2D eigenvalue weighted by molar-refractivity contribution is 0.585. The van der Waals surface area contributed by atoms with E-state index in [0.29, 0.717) is 16.8 Å². The summed E-state index contributed by atoms with van der Waals surface area (Å²) in [6.45, 7) is 0. The van der Waals surface area contributed by atoms with Gasteiger partial charge in [-0.05, 0) is 47.2 Å². The summed E-state index contributed by atoms with van der Waals surface area (Å²) in [5, 5.41) is 12.4. The average Bonchev–Trinajstić information content (AvgIpc) is 3.16. The summed E-state index contributed by atoms with van der Waals surface area (Å²) < 4.78 is 38.1. The van der Waals surface area contributed by atoms with Crippen LogP contribution in [0, 0.1) is 5.82 Å². The molecule has 0 saturated heterocycles. The fourth-order valence-electron chi connectivity index (χ4n) is 2.79. The zero-order valence-electron chi connectivity index (χ0n) is 14.5. The van der Waals surface area contributed by atoms with Gasteiger partial charge in [-0.15, -0.1) is 0 Å². The van der Waals surface area contributed by atoms with Crippen LogP contribution in [0.5, 0.6) is 0 Å². The summed E-state index contributed by atoms with van der Waals surface area (Å²) in [5.74, 6) is -0.346. The van der Waals surface area contributed by atoms with Crippen molar-refractivity contribution in [2.45, 2.75) is 4.90 Å². The summed E-state index contributed by atoms with van der Waals surface area (Å²) in [5.41, 5.74) is 1.87. The number of hydrazone groups is 1. The molecule has 4 rings (SSSR count). The molecule has 28 heavy (non-hydrogen) atoms. The van der Waals surface area contributed by atoms with E-state index in [2.05, 4.69) is 20.1 Å². The molecule has 0 fully saturated rings. The molecule has 0 aliphatic heterocycles. The number of benzene rings is 3. The molecule has 0 amide bonds. The first-order chi connectivity index (χ1) is 13.5. The quantitative estimate of drug-likeness (QED) is 0.400. The smallest absolute Gasteiger partial charge is 0.276 e. The number of aromatic amines is 1. The molecule has 0 atom stereocenters. The zero-order valence-corrected chi connectivity index (χ0v) is 15.3. The minimum atomic E-state index is -3.82. The Hall–Kier alpha value is -3.52. The number of rotatable bonds is 5. The van der Waals surface area contributed by atoms with E-state index in [1.807, 2.05) is 24.3 Å². The Bertz CT molecular complexity index is 1260. The first kappa shape index (κ1) is 17.9. The van der Waals surface area contributed by atoms with Crippen LogP contribution in [0.25, 0.3) is 22.0 Å². The molecule has 1 aromatic heterocycles. The van der Waals surface area contributed by atoms with Crippen molar-refractivity contribution in [2.75, 3.05) is 0 Å². The molecule has 1 heterocycles. The standard InChI is InChI=1S/C20H15FN4O2S/c21-18-8-5-15(6-9-18)20-17(12-22-24-20)13-23-25-28(26,27)19-10-7-14-3-1-2-4-16(14)11-19/h1-13,25H,(H,22,24). The van der Waals surface area contributed by atoms with Gasteiger partial charge in [0.2, 0.25) is 0 Å². The second-order valence-corrected chi connectivity index (χ2v) is 7.73. The predicted molar refractivity (Wildman–Crippen MR) is 106 cm³/mol. The molecule has 6 nitrogen and oxygen atoms in total. The van der Waals surface area contributed by atoms with E-state index >= 15 is 0 Å². The molecule has 0 aliphatic carbocycles. The van der Waals surface area contributed by atoms with Gasteiger partial charge in [0.25, 0.3) is 10.0 Å². The molecule has 8 heteroatoms. The third-order valence-electron chi connectivity index (χ3n) is 4.21. The lowest BCUT2D eigenvalue weighted by Gasteiger charge is -2.05. The Morgan fingerprint density at radius 2 is 1.75 bits per heavy atom. The topological polar surface area (TPSA) is 87.2 Å². The highest BCUT2D eigenvalue weighted by Crippen LogP contribution is 2.21. The number of nitrogens with one attached hydrogen (secondary N) is 2. The number of aromatic nitrogens is 2.